The summed E-state index contributed by atoms with van der Waals surface area (Å²) in [5, 5.41) is 13.1. The number of methoxy groups -OCH3 is 2. The molecule has 3 amide bonds. The number of nitrogens with two attached hydrogens (primary N) is 1. The van der Waals surface area contributed by atoms with E-state index < -0.39 is 41.1 Å². The van der Waals surface area contributed by atoms with Crippen molar-refractivity contribution < 1.29 is 38.5 Å². The molecule has 0 aliphatic carbocycles. The Hall–Kier alpha value is -2.61. The molecule has 1 saturated heterocycles. The first-order valence-electron chi connectivity index (χ1n) is 8.53. The van der Waals surface area contributed by atoms with E-state index in [-0.39, 0.29) is 23.6 Å². The zero-order chi connectivity index (χ0) is 22.1. The van der Waals surface area contributed by atoms with Crippen LogP contribution >= 0.6 is 23.1 Å². The second-order valence-corrected chi connectivity index (χ2v) is 8.31. The lowest BCUT2D eigenvalue weighted by atomic mass is 9.97. The minimum Gasteiger partial charge on any atom is -0.477 e. The van der Waals surface area contributed by atoms with Crippen molar-refractivity contribution in [1.29, 1.82) is 0 Å². The number of carbonyl (C=O) groups excluding carboxylic acids is 3. The number of nitrogens with zero attached hydrogens (tertiary/aromatic N) is 1. The van der Waals surface area contributed by atoms with Crippen molar-refractivity contribution in [2.75, 3.05) is 26.6 Å². The number of hydrogen-bond acceptors (Lipinski definition) is 9. The lowest BCUT2D eigenvalue weighted by Crippen LogP contribution is -2.81. The van der Waals surface area contributed by atoms with Crippen molar-refractivity contribution in [3.8, 4) is 0 Å². The topological polar surface area (TPSA) is 157 Å². The van der Waals surface area contributed by atoms with Crippen molar-refractivity contribution in [2.45, 2.75) is 17.2 Å². The number of aliphatic carboxylic acids is 1. The van der Waals surface area contributed by atoms with Gasteiger partial charge in [-0.1, -0.05) is 6.07 Å². The molecule has 0 saturated carbocycles. The lowest BCUT2D eigenvalue weighted by Gasteiger charge is -2.55. The second kappa shape index (κ2) is 8.63. The molecular weight excluding hydrogens is 438 g/mol. The van der Waals surface area contributed by atoms with Gasteiger partial charge in [-0.15, -0.1) is 23.1 Å². The van der Waals surface area contributed by atoms with Crippen molar-refractivity contribution in [3.05, 3.63) is 33.7 Å². The fourth-order valence-corrected chi connectivity index (χ4v) is 5.47. The van der Waals surface area contributed by atoms with Crippen LogP contribution in [0.4, 0.5) is 4.79 Å². The first-order valence-corrected chi connectivity index (χ1v) is 10.5. The van der Waals surface area contributed by atoms with E-state index in [0.29, 0.717) is 4.88 Å². The summed E-state index contributed by atoms with van der Waals surface area (Å²) in [7, 11) is 2.61. The third-order valence-corrected chi connectivity index (χ3v) is 6.90. The molecule has 0 bridgehead atoms. The summed E-state index contributed by atoms with van der Waals surface area (Å²) in [6, 6.07) is 3.48. The van der Waals surface area contributed by atoms with Gasteiger partial charge in [-0.3, -0.25) is 14.5 Å². The van der Waals surface area contributed by atoms with Gasteiger partial charge < -0.3 is 30.4 Å². The first-order chi connectivity index (χ1) is 14.3. The molecule has 3 heterocycles. The number of hydrogen-bond donors (Lipinski definition) is 3. The maximum Gasteiger partial charge on any atom is 0.404 e. The quantitative estimate of drug-likeness (QED) is 0.367. The summed E-state index contributed by atoms with van der Waals surface area (Å²) in [5.41, 5.74) is 3.06. The van der Waals surface area contributed by atoms with Crippen LogP contribution in [0.3, 0.4) is 0 Å². The van der Waals surface area contributed by atoms with Gasteiger partial charge in [0.15, 0.2) is 6.10 Å². The molecule has 11 nitrogen and oxygen atoms in total. The number of nitrogens with one attached hydrogen (secondary N) is 1. The minimum absolute atomic E-state index is 0.128. The van der Waals surface area contributed by atoms with E-state index in [1.165, 1.54) is 25.6 Å². The van der Waals surface area contributed by atoms with Crippen LogP contribution in [0, 0.1) is 0 Å². The number of carboxylic acids is 1. The van der Waals surface area contributed by atoms with E-state index in [9.17, 15) is 24.3 Å². The Bertz CT molecular complexity index is 903. The SMILES string of the molecule is COC(C(=O)N[C@]1(OC)C(=O)N2C(C(=O)O)=C(COC(N)=O)CS[C@@H]21)c1cccs1. The maximum absolute atomic E-state index is 13.0. The van der Waals surface area contributed by atoms with Gasteiger partial charge in [-0.25, -0.2) is 9.59 Å². The van der Waals surface area contributed by atoms with Gasteiger partial charge >= 0.3 is 12.1 Å². The fraction of sp³-hybridized carbons (Fsp3) is 0.412. The van der Waals surface area contributed by atoms with Crippen LogP contribution in [0.15, 0.2) is 28.8 Å². The summed E-state index contributed by atoms with van der Waals surface area (Å²) in [6.07, 6.45) is -2.02. The number of carbonyl (C=O) groups is 4. The highest BCUT2D eigenvalue weighted by molar-refractivity contribution is 8.00. The number of primary amides is 1. The van der Waals surface area contributed by atoms with Crippen LogP contribution in [0.1, 0.15) is 11.0 Å². The van der Waals surface area contributed by atoms with Gasteiger partial charge in [0.1, 0.15) is 17.7 Å². The Morgan fingerprint density at radius 3 is 2.70 bits per heavy atom. The van der Waals surface area contributed by atoms with Crippen molar-refractivity contribution in [3.63, 3.8) is 0 Å². The van der Waals surface area contributed by atoms with E-state index in [2.05, 4.69) is 10.1 Å². The molecule has 1 fully saturated rings. The molecule has 0 aromatic carbocycles. The summed E-state index contributed by atoms with van der Waals surface area (Å²) < 4.78 is 15.3. The Balaban J connectivity index is 1.86. The summed E-state index contributed by atoms with van der Waals surface area (Å²) in [5.74, 6) is -2.60. The number of thiophene rings is 1. The predicted molar refractivity (Wildman–Crippen MR) is 105 cm³/mol. The number of thioether (sulfide) groups is 1. The number of rotatable bonds is 8. The van der Waals surface area contributed by atoms with Crippen LogP contribution in [-0.4, -0.2) is 71.6 Å². The van der Waals surface area contributed by atoms with Crippen LogP contribution in [-0.2, 0) is 28.6 Å². The van der Waals surface area contributed by atoms with E-state index in [0.717, 1.165) is 16.7 Å². The van der Waals surface area contributed by atoms with Crippen LogP contribution < -0.4 is 11.1 Å². The molecule has 3 atom stereocenters. The average Bonchev–Trinajstić information content (AvgIpc) is 3.24. The van der Waals surface area contributed by atoms with Gasteiger partial charge in [0.05, 0.1) is 0 Å². The van der Waals surface area contributed by atoms with Gasteiger partial charge in [0.25, 0.3) is 17.5 Å². The predicted octanol–water partition coefficient (Wildman–Crippen LogP) is 0.244. The Morgan fingerprint density at radius 2 is 2.17 bits per heavy atom. The monoisotopic (exact) mass is 457 g/mol. The third kappa shape index (κ3) is 3.64. The van der Waals surface area contributed by atoms with E-state index in [4.69, 9.17) is 15.2 Å². The lowest BCUT2D eigenvalue weighted by molar-refractivity contribution is -0.194. The number of fused-ring (bicyclic) bond motifs is 1. The smallest absolute Gasteiger partial charge is 0.404 e. The zero-order valence-electron chi connectivity index (χ0n) is 15.9. The Labute approximate surface area is 179 Å². The molecule has 0 radical (unpaired) electrons. The summed E-state index contributed by atoms with van der Waals surface area (Å²) >= 11 is 2.48. The van der Waals surface area contributed by atoms with Gasteiger partial charge in [-0.2, -0.15) is 0 Å². The second-order valence-electron chi connectivity index (χ2n) is 6.26. The summed E-state index contributed by atoms with van der Waals surface area (Å²) in [6.45, 7) is -0.364. The number of carboxylic acid groups (broad SMARTS) is 1. The molecule has 3 rings (SSSR count). The zero-order valence-corrected chi connectivity index (χ0v) is 17.6. The van der Waals surface area contributed by atoms with Gasteiger partial charge in [0, 0.05) is 30.4 Å². The van der Waals surface area contributed by atoms with E-state index in [1.807, 2.05) is 0 Å². The van der Waals surface area contributed by atoms with Crippen LogP contribution in [0.2, 0.25) is 0 Å². The van der Waals surface area contributed by atoms with Crippen molar-refractivity contribution in [2.24, 2.45) is 5.73 Å². The van der Waals surface area contributed by atoms with Crippen molar-refractivity contribution in [1.82, 2.24) is 10.2 Å². The molecule has 1 unspecified atom stereocenters. The highest BCUT2D eigenvalue weighted by atomic mass is 32.2. The van der Waals surface area contributed by atoms with Crippen LogP contribution in [0.25, 0.3) is 0 Å². The highest BCUT2D eigenvalue weighted by Crippen LogP contribution is 2.47. The molecular formula is C17H19N3O8S2. The van der Waals surface area contributed by atoms with E-state index >= 15 is 0 Å². The molecule has 30 heavy (non-hydrogen) atoms. The molecule has 2 aliphatic rings. The number of ether oxygens (including phenoxy) is 3. The van der Waals surface area contributed by atoms with Gasteiger partial charge in [0.2, 0.25) is 0 Å². The standard InChI is InChI=1S/C17H19N3O8S2/c1-26-11(9-4-3-5-29-9)12(21)19-17(27-2)14(24)20-10(13(22)23)8(6-28-16(18)25)7-30-15(17)20/h3-5,11,15H,6-7H2,1-2H3,(H2,18,25)(H,19,21)(H,22,23)/t11?,15-,17+/m1/s1. The minimum atomic E-state index is -1.76. The molecule has 162 valence electrons. The molecule has 0 spiro atoms. The Morgan fingerprint density at radius 1 is 1.43 bits per heavy atom. The highest BCUT2D eigenvalue weighted by Gasteiger charge is 2.67. The molecule has 2 aliphatic heterocycles. The molecule has 1 aromatic heterocycles. The summed E-state index contributed by atoms with van der Waals surface area (Å²) in [4.78, 5) is 50.1. The fourth-order valence-electron chi connectivity index (χ4n) is 3.25. The first kappa shape index (κ1) is 22.1. The number of amides is 3. The third-order valence-electron chi connectivity index (χ3n) is 4.61. The number of β-lactam (4-membered cyclic amide) rings is 1. The normalized spacial score (nSPS) is 24.0. The molecule has 4 N–H and O–H groups in total. The van der Waals surface area contributed by atoms with Crippen molar-refractivity contribution >= 4 is 47.0 Å². The molecule has 1 aromatic rings. The maximum atomic E-state index is 13.0. The van der Waals surface area contributed by atoms with E-state index in [1.54, 1.807) is 17.5 Å². The van der Waals surface area contributed by atoms with Crippen LogP contribution in [0.5, 0.6) is 0 Å². The largest absolute Gasteiger partial charge is 0.477 e. The van der Waals surface area contributed by atoms with Gasteiger partial charge in [-0.05, 0) is 11.4 Å². The molecule has 13 heteroatoms. The Kier molecular flexibility index (Phi) is 6.36. The average molecular weight is 457 g/mol.